The Morgan fingerprint density at radius 2 is 1.00 bits per heavy atom. The molecule has 4 aromatic heterocycles. The van der Waals surface area contributed by atoms with E-state index in [1.54, 1.807) is 6.92 Å². The summed E-state index contributed by atoms with van der Waals surface area (Å²) in [5.74, 6) is -0.0383. The molecule has 51 heavy (non-hydrogen) atoms. The van der Waals surface area contributed by atoms with Gasteiger partial charge in [-0.1, -0.05) is 82.8 Å². The first-order chi connectivity index (χ1) is 24.5. The summed E-state index contributed by atoms with van der Waals surface area (Å²) in [4.78, 5) is 20.8. The number of nitrogens with two attached hydrogens (primary N) is 1. The summed E-state index contributed by atoms with van der Waals surface area (Å²) >= 11 is 23.2. The molecule has 268 valence electrons. The van der Waals surface area contributed by atoms with Gasteiger partial charge < -0.3 is 19.9 Å². The van der Waals surface area contributed by atoms with Crippen LogP contribution in [-0.2, 0) is 20.8 Å². The van der Waals surface area contributed by atoms with Gasteiger partial charge in [-0.2, -0.15) is 0 Å². The third-order valence-electron chi connectivity index (χ3n) is 6.85. The fraction of sp³-hybridized carbons (Fsp3) is 0.286. The van der Waals surface area contributed by atoms with Gasteiger partial charge >= 0.3 is 0 Å². The van der Waals surface area contributed by atoms with Crippen molar-refractivity contribution in [2.75, 3.05) is 19.8 Å². The number of nitrogens with zero attached hydrogens (tertiary/aromatic N) is 8. The molecular weight excluding hydrogens is 736 g/mol. The summed E-state index contributed by atoms with van der Waals surface area (Å²) in [6.45, 7) is 11.5. The Hall–Kier alpha value is -3.85. The number of ether oxygens (including phenoxy) is 3. The predicted molar refractivity (Wildman–Crippen MR) is 203 cm³/mol. The van der Waals surface area contributed by atoms with Gasteiger partial charge in [0.05, 0.1) is 38.8 Å². The van der Waals surface area contributed by atoms with E-state index in [1.165, 1.54) is 0 Å². The summed E-state index contributed by atoms with van der Waals surface area (Å²) < 4.78 is 17.7. The van der Waals surface area contributed by atoms with Gasteiger partial charge in [0.15, 0.2) is 26.3 Å². The summed E-state index contributed by atoms with van der Waals surface area (Å²) in [7, 11) is 0. The van der Waals surface area contributed by atoms with Gasteiger partial charge in [0.2, 0.25) is 0 Å². The van der Waals surface area contributed by atoms with E-state index in [4.69, 9.17) is 66.3 Å². The first-order valence-electron chi connectivity index (χ1n) is 15.9. The molecule has 0 aliphatic rings. The second kappa shape index (κ2) is 19.1. The van der Waals surface area contributed by atoms with E-state index in [2.05, 4.69) is 35.1 Å². The van der Waals surface area contributed by atoms with Crippen LogP contribution in [0.15, 0.2) is 72.8 Å². The molecule has 3 aromatic carbocycles. The van der Waals surface area contributed by atoms with Crippen LogP contribution in [0.3, 0.4) is 0 Å². The molecule has 4 heterocycles. The Morgan fingerprint density at radius 1 is 0.588 bits per heavy atom. The molecule has 0 bridgehead atoms. The largest absolute Gasteiger partial charge is 0.328 e. The summed E-state index contributed by atoms with van der Waals surface area (Å²) in [6.07, 6.45) is 0. The van der Waals surface area contributed by atoms with Crippen molar-refractivity contribution in [1.82, 2.24) is 39.5 Å². The van der Waals surface area contributed by atoms with Crippen molar-refractivity contribution in [3.05, 3.63) is 105 Å². The van der Waals surface area contributed by atoms with Crippen LogP contribution in [0.1, 0.15) is 39.2 Å². The van der Waals surface area contributed by atoms with Gasteiger partial charge in [-0.25, -0.2) is 24.9 Å². The standard InChI is InChI=1S/C10H7ClN4.C9H8ClN3.C8H4Cl2N2.C8H18O3/c1-6-13-14-10-9(11)12-7-4-2-3-5-8(7)15(6)10;10-9-8(5-11)12-6-3-1-2-4-7(6)13-9;9-7-8(10)12-6-4-2-1-3-5(6)11-7;1-5-9-8(4,10-6-2)11-7-3/h2-5H,1H3;1-4H,5,11H2;1-4H;5-7H2,1-4H3. The quantitative estimate of drug-likeness (QED) is 0.155. The van der Waals surface area contributed by atoms with Gasteiger partial charge in [-0.3, -0.25) is 4.40 Å². The third kappa shape index (κ3) is 10.6. The maximum absolute atomic E-state index is 6.01. The zero-order valence-corrected chi connectivity index (χ0v) is 31.7. The minimum absolute atomic E-state index is 0.246. The van der Waals surface area contributed by atoms with E-state index < -0.39 is 5.97 Å². The van der Waals surface area contributed by atoms with Crippen LogP contribution in [0.25, 0.3) is 38.7 Å². The lowest BCUT2D eigenvalue weighted by atomic mass is 10.3. The Kier molecular flexibility index (Phi) is 15.0. The van der Waals surface area contributed by atoms with E-state index in [1.807, 2.05) is 105 Å². The smallest absolute Gasteiger partial charge is 0.279 e. The number of hydrogen-bond acceptors (Lipinski definition) is 11. The maximum Gasteiger partial charge on any atom is 0.279 e. The molecule has 16 heteroatoms. The fourth-order valence-electron chi connectivity index (χ4n) is 4.70. The average Bonchev–Trinajstić information content (AvgIpc) is 3.52. The summed E-state index contributed by atoms with van der Waals surface area (Å²) in [5, 5.41) is 9.25. The zero-order chi connectivity index (χ0) is 37.0. The van der Waals surface area contributed by atoms with Crippen molar-refractivity contribution in [1.29, 1.82) is 0 Å². The first-order valence-corrected chi connectivity index (χ1v) is 17.4. The Bertz CT molecular complexity index is 2150. The molecule has 0 saturated carbocycles. The van der Waals surface area contributed by atoms with Crippen LogP contribution in [0.5, 0.6) is 0 Å². The SMILES string of the molecule is CCOC(C)(OCC)OCC.Cc1nnc2c(Cl)nc3ccccc3n12.Clc1nc2ccccc2nc1Cl.NCc1nc2ccccc2nc1Cl. The van der Waals surface area contributed by atoms with Crippen LogP contribution in [-0.4, -0.2) is 65.3 Å². The molecule has 7 rings (SSSR count). The first kappa shape index (κ1) is 39.9. The average molecular weight is 774 g/mol. The van der Waals surface area contributed by atoms with E-state index >= 15 is 0 Å². The lowest BCUT2D eigenvalue weighted by Gasteiger charge is -2.27. The fourth-order valence-corrected chi connectivity index (χ4v) is 5.39. The normalized spacial score (nSPS) is 11.1. The predicted octanol–water partition coefficient (Wildman–Crippen LogP) is 8.69. The molecule has 0 fully saturated rings. The maximum atomic E-state index is 6.01. The van der Waals surface area contributed by atoms with Crippen molar-refractivity contribution in [2.24, 2.45) is 5.73 Å². The van der Waals surface area contributed by atoms with Gasteiger partial charge in [0.25, 0.3) is 5.97 Å². The molecule has 0 atom stereocenters. The Balaban J connectivity index is 0.000000154. The molecule has 0 aliphatic carbocycles. The molecular formula is C35H37Cl4N9O3. The highest BCUT2D eigenvalue weighted by atomic mass is 35.5. The van der Waals surface area contributed by atoms with Crippen LogP contribution in [0, 0.1) is 6.92 Å². The van der Waals surface area contributed by atoms with Crippen LogP contribution < -0.4 is 5.73 Å². The highest BCUT2D eigenvalue weighted by Crippen LogP contribution is 2.22. The van der Waals surface area contributed by atoms with Crippen LogP contribution in [0.4, 0.5) is 0 Å². The van der Waals surface area contributed by atoms with Gasteiger partial charge in [-0.05, 0) is 64.1 Å². The van der Waals surface area contributed by atoms with Crippen molar-refractivity contribution in [3.63, 3.8) is 0 Å². The van der Waals surface area contributed by atoms with Gasteiger partial charge in [0.1, 0.15) is 5.82 Å². The van der Waals surface area contributed by atoms with E-state index in [0.29, 0.717) is 48.0 Å². The lowest BCUT2D eigenvalue weighted by Crippen LogP contribution is -2.35. The number of aromatic nitrogens is 8. The molecule has 0 radical (unpaired) electrons. The Morgan fingerprint density at radius 3 is 1.47 bits per heavy atom. The highest BCUT2D eigenvalue weighted by molar-refractivity contribution is 6.40. The molecule has 0 saturated heterocycles. The minimum atomic E-state index is -0.849. The second-order valence-electron chi connectivity index (χ2n) is 10.4. The van der Waals surface area contributed by atoms with Crippen molar-refractivity contribution < 1.29 is 14.2 Å². The number of hydrogen-bond donors (Lipinski definition) is 1. The monoisotopic (exact) mass is 771 g/mol. The van der Waals surface area contributed by atoms with Crippen LogP contribution >= 0.6 is 46.4 Å². The molecule has 12 nitrogen and oxygen atoms in total. The number of fused-ring (bicyclic) bond motifs is 5. The van der Waals surface area contributed by atoms with E-state index in [9.17, 15) is 0 Å². The van der Waals surface area contributed by atoms with Crippen LogP contribution in [0.2, 0.25) is 20.6 Å². The summed E-state index contributed by atoms with van der Waals surface area (Å²) in [5.41, 5.74) is 11.7. The molecule has 0 aliphatic heterocycles. The highest BCUT2D eigenvalue weighted by Gasteiger charge is 2.24. The number of rotatable bonds is 7. The molecule has 0 spiro atoms. The van der Waals surface area contributed by atoms with Crippen molar-refractivity contribution in [2.45, 2.75) is 47.1 Å². The van der Waals surface area contributed by atoms with Crippen molar-refractivity contribution >= 4 is 85.2 Å². The number of halogens is 4. The molecule has 7 aromatic rings. The van der Waals surface area contributed by atoms with E-state index in [0.717, 1.165) is 38.9 Å². The molecule has 0 unspecified atom stereocenters. The molecule has 2 N–H and O–H groups in total. The van der Waals surface area contributed by atoms with E-state index in [-0.39, 0.29) is 10.3 Å². The summed E-state index contributed by atoms with van der Waals surface area (Å²) in [6, 6.07) is 22.8. The van der Waals surface area contributed by atoms with Crippen molar-refractivity contribution in [3.8, 4) is 0 Å². The van der Waals surface area contributed by atoms with Gasteiger partial charge in [0, 0.05) is 33.3 Å². The lowest BCUT2D eigenvalue weighted by molar-refractivity contribution is -0.365. The third-order valence-corrected chi connectivity index (χ3v) is 8.03. The number of benzene rings is 3. The van der Waals surface area contributed by atoms with Gasteiger partial charge in [-0.15, -0.1) is 10.2 Å². The number of para-hydroxylation sites is 6. The topological polar surface area (TPSA) is 148 Å². The number of aryl methyl sites for hydroxylation is 1. The molecule has 0 amide bonds. The Labute approximate surface area is 315 Å². The second-order valence-corrected chi connectivity index (χ2v) is 11.8. The minimum Gasteiger partial charge on any atom is -0.328 e. The zero-order valence-electron chi connectivity index (χ0n) is 28.6.